The average Bonchev–Trinajstić information content (AvgIpc) is 2.68. The maximum Gasteiger partial charge on any atom is 0.0830 e. The summed E-state index contributed by atoms with van der Waals surface area (Å²) >= 11 is 0. The molecular formula is C25H32N2. The predicted molar refractivity (Wildman–Crippen MR) is 118 cm³/mol. The summed E-state index contributed by atoms with van der Waals surface area (Å²) in [5.74, 6) is 0. The molecule has 0 amide bonds. The van der Waals surface area contributed by atoms with E-state index in [2.05, 4.69) is 98.6 Å². The SMILES string of the molecule is C=C/C=C\C(C=C)(c1ccccc1)N(C)CCN(C)Cc1cccc(C)c1. The fourth-order valence-electron chi connectivity index (χ4n) is 3.41. The van der Waals surface area contributed by atoms with Gasteiger partial charge in [-0.05, 0) is 32.1 Å². The molecule has 0 spiro atoms. The van der Waals surface area contributed by atoms with Gasteiger partial charge in [-0.2, -0.15) is 0 Å². The van der Waals surface area contributed by atoms with Gasteiger partial charge in [0.05, 0.1) is 5.54 Å². The van der Waals surface area contributed by atoms with E-state index < -0.39 is 0 Å². The van der Waals surface area contributed by atoms with E-state index in [1.54, 1.807) is 0 Å². The Hall–Kier alpha value is -2.42. The Morgan fingerprint density at radius 2 is 1.70 bits per heavy atom. The van der Waals surface area contributed by atoms with Crippen molar-refractivity contribution in [1.82, 2.24) is 9.80 Å². The van der Waals surface area contributed by atoms with Crippen molar-refractivity contribution in [2.75, 3.05) is 27.2 Å². The lowest BCUT2D eigenvalue weighted by Crippen LogP contribution is -2.44. The van der Waals surface area contributed by atoms with Crippen molar-refractivity contribution in [2.45, 2.75) is 19.0 Å². The van der Waals surface area contributed by atoms with Crippen molar-refractivity contribution >= 4 is 0 Å². The number of hydrogen-bond acceptors (Lipinski definition) is 2. The molecule has 0 N–H and O–H groups in total. The van der Waals surface area contributed by atoms with Crippen molar-refractivity contribution < 1.29 is 0 Å². The second kappa shape index (κ2) is 10.1. The molecule has 2 nitrogen and oxygen atoms in total. The summed E-state index contributed by atoms with van der Waals surface area (Å²) in [6, 6.07) is 19.2. The number of aryl methyl sites for hydroxylation is 1. The van der Waals surface area contributed by atoms with E-state index in [9.17, 15) is 0 Å². The van der Waals surface area contributed by atoms with Gasteiger partial charge >= 0.3 is 0 Å². The van der Waals surface area contributed by atoms with Crippen molar-refractivity contribution in [1.29, 1.82) is 0 Å². The van der Waals surface area contributed by atoms with Gasteiger partial charge in [-0.3, -0.25) is 4.90 Å². The van der Waals surface area contributed by atoms with Gasteiger partial charge in [-0.15, -0.1) is 6.58 Å². The maximum atomic E-state index is 4.15. The molecule has 2 rings (SSSR count). The zero-order valence-electron chi connectivity index (χ0n) is 16.9. The van der Waals surface area contributed by atoms with Crippen LogP contribution in [0.1, 0.15) is 16.7 Å². The van der Waals surface area contributed by atoms with Gasteiger partial charge in [0.1, 0.15) is 0 Å². The Morgan fingerprint density at radius 3 is 2.33 bits per heavy atom. The van der Waals surface area contributed by atoms with Crippen LogP contribution in [0.3, 0.4) is 0 Å². The number of benzene rings is 2. The summed E-state index contributed by atoms with van der Waals surface area (Å²) in [5.41, 5.74) is 3.52. The standard InChI is InChI=1S/C25H32N2/c1-6-8-17-25(7-2,24-15-10-9-11-16-24)27(5)19-18-26(4)21-23-14-12-13-22(3)20-23/h6-17,20H,1-2,18-19,21H2,3-5H3/b17-8-. The molecule has 0 aliphatic heterocycles. The average molecular weight is 361 g/mol. The van der Waals surface area contributed by atoms with Crippen LogP contribution in [0.5, 0.6) is 0 Å². The van der Waals surface area contributed by atoms with Crippen LogP contribution in [-0.2, 0) is 12.1 Å². The normalized spacial score (nSPS) is 13.8. The Labute approximate surface area is 165 Å². The first kappa shape index (κ1) is 20.9. The highest BCUT2D eigenvalue weighted by Gasteiger charge is 2.30. The van der Waals surface area contributed by atoms with E-state index in [0.29, 0.717) is 0 Å². The summed E-state index contributed by atoms with van der Waals surface area (Å²) in [4.78, 5) is 4.71. The second-order valence-electron chi connectivity index (χ2n) is 7.14. The van der Waals surface area contributed by atoms with E-state index in [0.717, 1.165) is 19.6 Å². The molecule has 1 unspecified atom stereocenters. The molecule has 0 aromatic heterocycles. The number of hydrogen-bond donors (Lipinski definition) is 0. The maximum absolute atomic E-state index is 4.15. The zero-order valence-corrected chi connectivity index (χ0v) is 16.9. The van der Waals surface area contributed by atoms with Gasteiger partial charge < -0.3 is 4.90 Å². The van der Waals surface area contributed by atoms with Gasteiger partial charge in [0.2, 0.25) is 0 Å². The number of nitrogens with zero attached hydrogens (tertiary/aromatic N) is 2. The lowest BCUT2D eigenvalue weighted by molar-refractivity contribution is 0.182. The number of likely N-dealkylation sites (N-methyl/N-ethyl adjacent to an activating group) is 2. The second-order valence-corrected chi connectivity index (χ2v) is 7.14. The Kier molecular flexibility index (Phi) is 7.78. The fraction of sp³-hybridized carbons (Fsp3) is 0.280. The van der Waals surface area contributed by atoms with Crippen LogP contribution in [-0.4, -0.2) is 37.0 Å². The summed E-state index contributed by atoms with van der Waals surface area (Å²) in [6.45, 7) is 13.0. The van der Waals surface area contributed by atoms with Crippen molar-refractivity contribution in [3.63, 3.8) is 0 Å². The molecule has 2 aromatic carbocycles. The summed E-state index contributed by atoms with van der Waals surface area (Å²) < 4.78 is 0. The quantitative estimate of drug-likeness (QED) is 0.425. The first-order chi connectivity index (χ1) is 13.0. The molecular weight excluding hydrogens is 328 g/mol. The molecule has 0 saturated carbocycles. The molecule has 0 saturated heterocycles. The molecule has 0 fully saturated rings. The third-order valence-electron chi connectivity index (χ3n) is 5.02. The highest BCUT2D eigenvalue weighted by Crippen LogP contribution is 2.30. The molecule has 2 heteroatoms. The third kappa shape index (κ3) is 5.53. The van der Waals surface area contributed by atoms with Crippen LogP contribution < -0.4 is 0 Å². The molecule has 0 heterocycles. The van der Waals surface area contributed by atoms with E-state index in [4.69, 9.17) is 0 Å². The monoisotopic (exact) mass is 360 g/mol. The largest absolute Gasteiger partial charge is 0.301 e. The van der Waals surface area contributed by atoms with Crippen LogP contribution in [0.4, 0.5) is 0 Å². The van der Waals surface area contributed by atoms with Crippen LogP contribution in [0.25, 0.3) is 0 Å². The van der Waals surface area contributed by atoms with Crippen molar-refractivity contribution in [2.24, 2.45) is 0 Å². The minimum atomic E-state index is -0.348. The van der Waals surface area contributed by atoms with Crippen molar-refractivity contribution in [3.05, 3.63) is 109 Å². The van der Waals surface area contributed by atoms with Gasteiger partial charge in [-0.1, -0.05) is 91.0 Å². The highest BCUT2D eigenvalue weighted by atomic mass is 15.2. The minimum absolute atomic E-state index is 0.348. The van der Waals surface area contributed by atoms with E-state index in [1.165, 1.54) is 16.7 Å². The first-order valence-electron chi connectivity index (χ1n) is 9.46. The van der Waals surface area contributed by atoms with E-state index in [-0.39, 0.29) is 5.54 Å². The Balaban J connectivity index is 2.11. The van der Waals surface area contributed by atoms with Crippen LogP contribution in [0.15, 0.2) is 92.1 Å². The van der Waals surface area contributed by atoms with Gasteiger partial charge in [-0.25, -0.2) is 0 Å². The van der Waals surface area contributed by atoms with Gasteiger partial charge in [0.15, 0.2) is 0 Å². The summed E-state index contributed by atoms with van der Waals surface area (Å²) in [5, 5.41) is 0. The third-order valence-corrected chi connectivity index (χ3v) is 5.02. The summed E-state index contributed by atoms with van der Waals surface area (Å²) in [6.07, 6.45) is 8.01. The van der Waals surface area contributed by atoms with Crippen LogP contribution in [0, 0.1) is 6.92 Å². The summed E-state index contributed by atoms with van der Waals surface area (Å²) in [7, 11) is 4.33. The molecule has 0 aliphatic rings. The fourth-order valence-corrected chi connectivity index (χ4v) is 3.41. The number of rotatable bonds is 10. The topological polar surface area (TPSA) is 6.48 Å². The van der Waals surface area contributed by atoms with Crippen LogP contribution in [0.2, 0.25) is 0 Å². The lowest BCUT2D eigenvalue weighted by atomic mass is 9.87. The van der Waals surface area contributed by atoms with Crippen molar-refractivity contribution in [3.8, 4) is 0 Å². The zero-order chi connectivity index (χ0) is 19.7. The smallest absolute Gasteiger partial charge is 0.0830 e. The molecule has 142 valence electrons. The molecule has 1 atom stereocenters. The molecule has 27 heavy (non-hydrogen) atoms. The molecule has 0 radical (unpaired) electrons. The van der Waals surface area contributed by atoms with E-state index in [1.807, 2.05) is 24.3 Å². The van der Waals surface area contributed by atoms with Gasteiger partial charge in [0.25, 0.3) is 0 Å². The minimum Gasteiger partial charge on any atom is -0.301 e. The van der Waals surface area contributed by atoms with Crippen LogP contribution >= 0.6 is 0 Å². The molecule has 2 aromatic rings. The predicted octanol–water partition coefficient (Wildman–Crippen LogP) is 5.18. The number of allylic oxidation sites excluding steroid dienone is 2. The first-order valence-corrected chi connectivity index (χ1v) is 9.46. The molecule has 0 bridgehead atoms. The lowest BCUT2D eigenvalue weighted by Gasteiger charge is -2.38. The Morgan fingerprint density at radius 1 is 0.963 bits per heavy atom. The Bertz CT molecular complexity index is 763. The highest BCUT2D eigenvalue weighted by molar-refractivity contribution is 5.36. The van der Waals surface area contributed by atoms with Gasteiger partial charge in [0, 0.05) is 19.6 Å². The molecule has 0 aliphatic carbocycles. The van der Waals surface area contributed by atoms with E-state index >= 15 is 0 Å².